The van der Waals surface area contributed by atoms with Crippen molar-refractivity contribution in [2.75, 3.05) is 18.4 Å². The first kappa shape index (κ1) is 19.7. The Balaban J connectivity index is 1.82. The Kier molecular flexibility index (Phi) is 7.39. The van der Waals surface area contributed by atoms with Gasteiger partial charge in [-0.15, -0.1) is 0 Å². The zero-order valence-electron chi connectivity index (χ0n) is 15.9. The number of hydrogen-bond acceptors (Lipinski definition) is 2. The summed E-state index contributed by atoms with van der Waals surface area (Å²) in [6.45, 7) is 6.63. The molecule has 1 N–H and O–H groups in total. The fourth-order valence-electron chi connectivity index (χ4n) is 3.00. The third-order valence-electron chi connectivity index (χ3n) is 4.54. The van der Waals surface area contributed by atoms with E-state index in [9.17, 15) is 9.59 Å². The van der Waals surface area contributed by atoms with Crippen LogP contribution in [-0.2, 0) is 16.0 Å². The lowest BCUT2D eigenvalue weighted by molar-refractivity contribution is -0.129. The summed E-state index contributed by atoms with van der Waals surface area (Å²) in [7, 11) is 0. The largest absolute Gasteiger partial charge is 0.342 e. The first-order chi connectivity index (χ1) is 12.5. The summed E-state index contributed by atoms with van der Waals surface area (Å²) in [5.74, 6) is -0.0466. The summed E-state index contributed by atoms with van der Waals surface area (Å²) in [6, 6.07) is 16.2. The Bertz CT molecular complexity index is 721. The second-order valence-corrected chi connectivity index (χ2v) is 6.66. The molecule has 0 saturated carbocycles. The van der Waals surface area contributed by atoms with Crippen molar-refractivity contribution >= 4 is 17.5 Å². The normalized spacial score (nSPS) is 10.4. The third kappa shape index (κ3) is 6.03. The van der Waals surface area contributed by atoms with E-state index in [0.717, 1.165) is 29.7 Å². The van der Waals surface area contributed by atoms with Gasteiger partial charge in [-0.2, -0.15) is 0 Å². The molecule has 4 heteroatoms. The Hall–Kier alpha value is -2.62. The SMILES string of the molecule is CC(=O)N(CCCc1ccccc1)CCC(=O)Nc1c(C)cccc1C. The highest BCUT2D eigenvalue weighted by atomic mass is 16.2. The molecular weight excluding hydrogens is 324 g/mol. The van der Waals surface area contributed by atoms with Crippen LogP contribution < -0.4 is 5.32 Å². The highest BCUT2D eigenvalue weighted by Crippen LogP contribution is 2.19. The minimum Gasteiger partial charge on any atom is -0.342 e. The molecule has 26 heavy (non-hydrogen) atoms. The molecule has 2 amide bonds. The fourth-order valence-corrected chi connectivity index (χ4v) is 3.00. The van der Waals surface area contributed by atoms with Crippen molar-refractivity contribution in [2.24, 2.45) is 0 Å². The van der Waals surface area contributed by atoms with Gasteiger partial charge in [0, 0.05) is 32.1 Å². The molecule has 2 rings (SSSR count). The Labute approximate surface area is 156 Å². The molecule has 0 aromatic heterocycles. The van der Waals surface area contributed by atoms with Gasteiger partial charge in [-0.05, 0) is 43.4 Å². The highest BCUT2D eigenvalue weighted by molar-refractivity contribution is 5.92. The number of nitrogens with one attached hydrogen (secondary N) is 1. The van der Waals surface area contributed by atoms with E-state index in [4.69, 9.17) is 0 Å². The van der Waals surface area contributed by atoms with E-state index in [1.54, 1.807) is 11.8 Å². The molecule has 0 radical (unpaired) electrons. The first-order valence-corrected chi connectivity index (χ1v) is 9.13. The lowest BCUT2D eigenvalue weighted by atomic mass is 10.1. The molecule has 2 aromatic rings. The summed E-state index contributed by atoms with van der Waals surface area (Å²) in [5, 5.41) is 2.98. The monoisotopic (exact) mass is 352 g/mol. The topological polar surface area (TPSA) is 49.4 Å². The minimum atomic E-state index is -0.0586. The van der Waals surface area contributed by atoms with Crippen molar-refractivity contribution in [3.63, 3.8) is 0 Å². The quantitative estimate of drug-likeness (QED) is 0.777. The highest BCUT2D eigenvalue weighted by Gasteiger charge is 2.12. The number of carbonyl (C=O) groups excluding carboxylic acids is 2. The van der Waals surface area contributed by atoms with E-state index in [1.807, 2.05) is 50.2 Å². The summed E-state index contributed by atoms with van der Waals surface area (Å²) < 4.78 is 0. The molecule has 0 spiro atoms. The van der Waals surface area contributed by atoms with Crippen molar-refractivity contribution < 1.29 is 9.59 Å². The van der Waals surface area contributed by atoms with E-state index >= 15 is 0 Å². The van der Waals surface area contributed by atoms with E-state index in [-0.39, 0.29) is 11.8 Å². The average Bonchev–Trinajstić information content (AvgIpc) is 2.61. The molecule has 0 aliphatic heterocycles. The molecule has 0 aliphatic carbocycles. The van der Waals surface area contributed by atoms with Crippen LogP contribution in [0.15, 0.2) is 48.5 Å². The summed E-state index contributed by atoms with van der Waals surface area (Å²) in [6.07, 6.45) is 2.13. The fraction of sp³-hybridized carbons (Fsp3) is 0.364. The third-order valence-corrected chi connectivity index (χ3v) is 4.54. The molecule has 0 unspecified atom stereocenters. The Morgan fingerprint density at radius 2 is 1.58 bits per heavy atom. The molecule has 0 fully saturated rings. The molecule has 0 atom stereocenters. The van der Waals surface area contributed by atoms with Gasteiger partial charge in [0.2, 0.25) is 11.8 Å². The lowest BCUT2D eigenvalue weighted by Crippen LogP contribution is -2.33. The van der Waals surface area contributed by atoms with Crippen LogP contribution in [0.1, 0.15) is 36.5 Å². The van der Waals surface area contributed by atoms with E-state index < -0.39 is 0 Å². The van der Waals surface area contributed by atoms with Crippen molar-refractivity contribution in [1.29, 1.82) is 0 Å². The molecule has 0 heterocycles. The summed E-state index contributed by atoms with van der Waals surface area (Å²) in [5.41, 5.74) is 4.23. The van der Waals surface area contributed by atoms with Gasteiger partial charge in [0.1, 0.15) is 0 Å². The number of benzene rings is 2. The van der Waals surface area contributed by atoms with Gasteiger partial charge in [0.15, 0.2) is 0 Å². The molecule has 138 valence electrons. The standard InChI is InChI=1S/C22H28N2O2/c1-17-9-7-10-18(2)22(17)23-21(26)14-16-24(19(3)25)15-8-13-20-11-5-4-6-12-20/h4-7,9-12H,8,13-16H2,1-3H3,(H,23,26). The van der Waals surface area contributed by atoms with E-state index in [0.29, 0.717) is 19.5 Å². The van der Waals surface area contributed by atoms with Crippen LogP contribution in [-0.4, -0.2) is 29.8 Å². The number of amides is 2. The number of aryl methyl sites for hydroxylation is 3. The van der Waals surface area contributed by atoms with E-state index in [1.165, 1.54) is 5.56 Å². The number of nitrogens with zero attached hydrogens (tertiary/aromatic N) is 1. The van der Waals surface area contributed by atoms with Crippen LogP contribution >= 0.6 is 0 Å². The zero-order chi connectivity index (χ0) is 18.9. The Morgan fingerprint density at radius 3 is 2.19 bits per heavy atom. The summed E-state index contributed by atoms with van der Waals surface area (Å²) >= 11 is 0. The van der Waals surface area contributed by atoms with Crippen LogP contribution in [0.4, 0.5) is 5.69 Å². The van der Waals surface area contributed by atoms with Crippen molar-refractivity contribution in [3.05, 3.63) is 65.2 Å². The van der Waals surface area contributed by atoms with Crippen molar-refractivity contribution in [1.82, 2.24) is 4.90 Å². The summed E-state index contributed by atoms with van der Waals surface area (Å²) in [4.78, 5) is 25.9. The van der Waals surface area contributed by atoms with Gasteiger partial charge in [0.25, 0.3) is 0 Å². The minimum absolute atomic E-state index is 0.0120. The molecule has 0 aliphatic rings. The van der Waals surface area contributed by atoms with Crippen LogP contribution in [0.3, 0.4) is 0 Å². The predicted octanol–water partition coefficient (Wildman–Crippen LogP) is 4.11. The smallest absolute Gasteiger partial charge is 0.226 e. The Morgan fingerprint density at radius 1 is 0.923 bits per heavy atom. The van der Waals surface area contributed by atoms with Crippen LogP contribution in [0.25, 0.3) is 0 Å². The first-order valence-electron chi connectivity index (χ1n) is 9.13. The zero-order valence-corrected chi connectivity index (χ0v) is 15.9. The second-order valence-electron chi connectivity index (χ2n) is 6.66. The van der Waals surface area contributed by atoms with Crippen LogP contribution in [0.2, 0.25) is 0 Å². The number of anilines is 1. The average molecular weight is 352 g/mol. The van der Waals surface area contributed by atoms with Crippen molar-refractivity contribution in [2.45, 2.75) is 40.0 Å². The molecule has 0 bridgehead atoms. The lowest BCUT2D eigenvalue weighted by Gasteiger charge is -2.21. The van der Waals surface area contributed by atoms with Gasteiger partial charge in [-0.1, -0.05) is 48.5 Å². The van der Waals surface area contributed by atoms with Crippen LogP contribution in [0.5, 0.6) is 0 Å². The van der Waals surface area contributed by atoms with Gasteiger partial charge < -0.3 is 10.2 Å². The van der Waals surface area contributed by atoms with Crippen LogP contribution in [0, 0.1) is 13.8 Å². The molecule has 4 nitrogen and oxygen atoms in total. The van der Waals surface area contributed by atoms with Gasteiger partial charge in [0.05, 0.1) is 0 Å². The van der Waals surface area contributed by atoms with E-state index in [2.05, 4.69) is 17.4 Å². The number of rotatable bonds is 8. The number of carbonyl (C=O) groups is 2. The van der Waals surface area contributed by atoms with Gasteiger partial charge in [-0.25, -0.2) is 0 Å². The maximum Gasteiger partial charge on any atom is 0.226 e. The number of hydrogen-bond donors (Lipinski definition) is 1. The molecule has 2 aromatic carbocycles. The number of para-hydroxylation sites is 1. The maximum absolute atomic E-state index is 12.3. The van der Waals surface area contributed by atoms with Crippen molar-refractivity contribution in [3.8, 4) is 0 Å². The van der Waals surface area contributed by atoms with Gasteiger partial charge >= 0.3 is 0 Å². The molecular formula is C22H28N2O2. The second kappa shape index (κ2) is 9.76. The van der Waals surface area contributed by atoms with Gasteiger partial charge in [-0.3, -0.25) is 9.59 Å². The predicted molar refractivity (Wildman–Crippen MR) is 106 cm³/mol. The molecule has 0 saturated heterocycles. The maximum atomic E-state index is 12.3.